The number of fused-ring (bicyclic) bond motifs is 1. The molecule has 17 heavy (non-hydrogen) atoms. The van der Waals surface area contributed by atoms with Gasteiger partial charge in [0.1, 0.15) is 0 Å². The molecule has 0 N–H and O–H groups in total. The van der Waals surface area contributed by atoms with E-state index in [1.165, 1.54) is 0 Å². The summed E-state index contributed by atoms with van der Waals surface area (Å²) in [7, 11) is 0. The van der Waals surface area contributed by atoms with E-state index in [9.17, 15) is 0 Å². The maximum absolute atomic E-state index is 5.56. The fourth-order valence-corrected chi connectivity index (χ4v) is 1.62. The number of ether oxygens (including phenoxy) is 1. The van der Waals surface area contributed by atoms with Crippen molar-refractivity contribution in [3.05, 3.63) is 60.8 Å². The molecule has 0 aliphatic heterocycles. The Bertz CT molecular complexity index is 638. The summed E-state index contributed by atoms with van der Waals surface area (Å²) in [6.07, 6.45) is 1.69. The summed E-state index contributed by atoms with van der Waals surface area (Å²) >= 11 is 0. The summed E-state index contributed by atoms with van der Waals surface area (Å²) in [4.78, 5) is 8.50. The van der Waals surface area contributed by atoms with Gasteiger partial charge in [-0.15, -0.1) is 0 Å². The van der Waals surface area contributed by atoms with Crippen LogP contribution in [0.1, 0.15) is 0 Å². The van der Waals surface area contributed by atoms with Gasteiger partial charge in [0.05, 0.1) is 5.52 Å². The average Bonchev–Trinajstić information content (AvgIpc) is 2.40. The minimum absolute atomic E-state index is 0.551. The SMILES string of the molecule is c1ccc(Oc2ccc3ccccc3n2)nc1. The van der Waals surface area contributed by atoms with Crippen LogP contribution in [0, 0.1) is 0 Å². The molecule has 1 aromatic carbocycles. The quantitative estimate of drug-likeness (QED) is 0.666. The average molecular weight is 222 g/mol. The lowest BCUT2D eigenvalue weighted by molar-refractivity contribution is 0.446. The van der Waals surface area contributed by atoms with E-state index in [0.29, 0.717) is 11.8 Å². The standard InChI is InChI=1S/C14H10N2O/c1-2-6-12-11(5-1)8-9-14(16-12)17-13-7-3-4-10-15-13/h1-10H. The maximum Gasteiger partial charge on any atom is 0.221 e. The highest BCUT2D eigenvalue weighted by Gasteiger charge is 2.00. The van der Waals surface area contributed by atoms with Gasteiger partial charge in [-0.25, -0.2) is 9.97 Å². The minimum atomic E-state index is 0.551. The van der Waals surface area contributed by atoms with Crippen molar-refractivity contribution in [1.82, 2.24) is 9.97 Å². The predicted molar refractivity (Wildman–Crippen MR) is 66.1 cm³/mol. The molecule has 0 unspecified atom stereocenters. The third-order valence-electron chi connectivity index (χ3n) is 2.42. The van der Waals surface area contributed by atoms with E-state index >= 15 is 0 Å². The molecule has 0 fully saturated rings. The second-order valence-electron chi connectivity index (χ2n) is 3.61. The smallest absolute Gasteiger partial charge is 0.221 e. The van der Waals surface area contributed by atoms with Crippen molar-refractivity contribution < 1.29 is 4.74 Å². The van der Waals surface area contributed by atoms with E-state index in [4.69, 9.17) is 4.74 Å². The number of benzene rings is 1. The van der Waals surface area contributed by atoms with Crippen LogP contribution in [0.3, 0.4) is 0 Å². The first kappa shape index (κ1) is 9.78. The predicted octanol–water partition coefficient (Wildman–Crippen LogP) is 3.42. The van der Waals surface area contributed by atoms with Crippen molar-refractivity contribution in [3.8, 4) is 11.8 Å². The van der Waals surface area contributed by atoms with Gasteiger partial charge in [0, 0.05) is 23.7 Å². The fraction of sp³-hybridized carbons (Fsp3) is 0. The number of hydrogen-bond acceptors (Lipinski definition) is 3. The Morgan fingerprint density at radius 1 is 0.765 bits per heavy atom. The van der Waals surface area contributed by atoms with Crippen molar-refractivity contribution in [2.45, 2.75) is 0 Å². The number of pyridine rings is 2. The van der Waals surface area contributed by atoms with Gasteiger partial charge in [-0.3, -0.25) is 0 Å². The van der Waals surface area contributed by atoms with Gasteiger partial charge in [-0.05, 0) is 18.2 Å². The minimum Gasteiger partial charge on any atom is -0.421 e. The van der Waals surface area contributed by atoms with Gasteiger partial charge in [-0.2, -0.15) is 0 Å². The second kappa shape index (κ2) is 4.22. The van der Waals surface area contributed by atoms with Crippen LogP contribution in [0.15, 0.2) is 60.8 Å². The largest absolute Gasteiger partial charge is 0.421 e. The highest BCUT2D eigenvalue weighted by Crippen LogP contribution is 2.20. The lowest BCUT2D eigenvalue weighted by atomic mass is 10.2. The second-order valence-corrected chi connectivity index (χ2v) is 3.61. The zero-order chi connectivity index (χ0) is 11.5. The molecule has 3 nitrogen and oxygen atoms in total. The molecule has 82 valence electrons. The Kier molecular flexibility index (Phi) is 2.43. The Labute approximate surface area is 98.7 Å². The number of hydrogen-bond donors (Lipinski definition) is 0. The van der Waals surface area contributed by atoms with Gasteiger partial charge < -0.3 is 4.74 Å². The molecule has 0 saturated heterocycles. The first-order valence-corrected chi connectivity index (χ1v) is 5.36. The molecule has 0 radical (unpaired) electrons. The van der Waals surface area contributed by atoms with Crippen LogP contribution in [0.25, 0.3) is 10.9 Å². The number of aromatic nitrogens is 2. The normalized spacial score (nSPS) is 10.4. The molecule has 0 aliphatic rings. The molecule has 2 heterocycles. The summed E-state index contributed by atoms with van der Waals surface area (Å²) in [6, 6.07) is 17.3. The molecule has 0 saturated carbocycles. The Morgan fingerprint density at radius 3 is 2.53 bits per heavy atom. The lowest BCUT2D eigenvalue weighted by Gasteiger charge is -2.04. The first-order valence-electron chi connectivity index (χ1n) is 5.36. The van der Waals surface area contributed by atoms with Gasteiger partial charge in [0.2, 0.25) is 11.8 Å². The van der Waals surface area contributed by atoms with E-state index in [-0.39, 0.29) is 0 Å². The Balaban J connectivity index is 1.96. The molecule has 3 rings (SSSR count). The molecule has 3 aromatic rings. The fourth-order valence-electron chi connectivity index (χ4n) is 1.62. The van der Waals surface area contributed by atoms with E-state index in [0.717, 1.165) is 10.9 Å². The van der Waals surface area contributed by atoms with Crippen LogP contribution in [-0.4, -0.2) is 9.97 Å². The third kappa shape index (κ3) is 2.08. The molecular formula is C14H10N2O. The summed E-state index contributed by atoms with van der Waals surface area (Å²) in [6.45, 7) is 0. The van der Waals surface area contributed by atoms with Gasteiger partial charge in [0.15, 0.2) is 0 Å². The first-order chi connectivity index (χ1) is 8.42. The van der Waals surface area contributed by atoms with Gasteiger partial charge in [-0.1, -0.05) is 24.3 Å². The summed E-state index contributed by atoms with van der Waals surface area (Å²) in [5.41, 5.74) is 0.918. The molecule has 0 bridgehead atoms. The van der Waals surface area contributed by atoms with Crippen LogP contribution < -0.4 is 4.74 Å². The van der Waals surface area contributed by atoms with E-state index in [1.54, 1.807) is 12.3 Å². The van der Waals surface area contributed by atoms with E-state index in [2.05, 4.69) is 9.97 Å². The summed E-state index contributed by atoms with van der Waals surface area (Å²) in [5, 5.41) is 1.10. The zero-order valence-electron chi connectivity index (χ0n) is 9.08. The molecule has 2 aromatic heterocycles. The molecule has 0 aliphatic carbocycles. The van der Waals surface area contributed by atoms with Gasteiger partial charge >= 0.3 is 0 Å². The monoisotopic (exact) mass is 222 g/mol. The summed E-state index contributed by atoms with van der Waals surface area (Å²) in [5.74, 6) is 1.11. The van der Waals surface area contributed by atoms with Crippen molar-refractivity contribution in [1.29, 1.82) is 0 Å². The molecule has 0 atom stereocenters. The van der Waals surface area contributed by atoms with Crippen LogP contribution in [0.2, 0.25) is 0 Å². The number of para-hydroxylation sites is 1. The molecular weight excluding hydrogens is 212 g/mol. The zero-order valence-corrected chi connectivity index (χ0v) is 9.08. The highest BCUT2D eigenvalue weighted by atomic mass is 16.5. The third-order valence-corrected chi connectivity index (χ3v) is 2.42. The Morgan fingerprint density at radius 2 is 1.65 bits per heavy atom. The highest BCUT2D eigenvalue weighted by molar-refractivity contribution is 5.78. The molecule has 0 spiro atoms. The topological polar surface area (TPSA) is 35.0 Å². The number of rotatable bonds is 2. The van der Waals surface area contributed by atoms with Crippen LogP contribution in [0.4, 0.5) is 0 Å². The van der Waals surface area contributed by atoms with Crippen molar-refractivity contribution >= 4 is 10.9 Å². The lowest BCUT2D eigenvalue weighted by Crippen LogP contribution is -1.90. The molecule has 3 heteroatoms. The van der Waals surface area contributed by atoms with Crippen molar-refractivity contribution in [2.24, 2.45) is 0 Å². The van der Waals surface area contributed by atoms with Crippen LogP contribution >= 0.6 is 0 Å². The maximum atomic E-state index is 5.56. The molecule has 0 amide bonds. The van der Waals surface area contributed by atoms with Crippen LogP contribution in [-0.2, 0) is 0 Å². The Hall–Kier alpha value is -2.42. The number of nitrogens with zero attached hydrogens (tertiary/aromatic N) is 2. The van der Waals surface area contributed by atoms with Crippen LogP contribution in [0.5, 0.6) is 11.8 Å². The van der Waals surface area contributed by atoms with Crippen molar-refractivity contribution in [3.63, 3.8) is 0 Å². The van der Waals surface area contributed by atoms with E-state index in [1.807, 2.05) is 48.5 Å². The van der Waals surface area contributed by atoms with Gasteiger partial charge in [0.25, 0.3) is 0 Å². The van der Waals surface area contributed by atoms with E-state index < -0.39 is 0 Å². The summed E-state index contributed by atoms with van der Waals surface area (Å²) < 4.78 is 5.56. The van der Waals surface area contributed by atoms with Crippen molar-refractivity contribution in [2.75, 3.05) is 0 Å².